The van der Waals surface area contributed by atoms with Gasteiger partial charge >= 0.3 is 0 Å². The van der Waals surface area contributed by atoms with Gasteiger partial charge in [0.05, 0.1) is 6.61 Å². The van der Waals surface area contributed by atoms with Gasteiger partial charge in [0.15, 0.2) is 17.3 Å². The molecular weight excluding hydrogens is 366 g/mol. The van der Waals surface area contributed by atoms with Crippen molar-refractivity contribution in [2.45, 2.75) is 70.9 Å². The minimum absolute atomic E-state index is 0.00762. The van der Waals surface area contributed by atoms with E-state index in [-0.39, 0.29) is 5.76 Å². The van der Waals surface area contributed by atoms with Crippen LogP contribution in [0, 0.1) is 11.8 Å². The molecule has 2 aliphatic rings. The maximum absolute atomic E-state index is 15.4. The first kappa shape index (κ1) is 21.8. The van der Waals surface area contributed by atoms with Crippen LogP contribution >= 0.6 is 0 Å². The van der Waals surface area contributed by atoms with Crippen molar-refractivity contribution in [2.24, 2.45) is 11.8 Å². The Hall–Kier alpha value is -1.90. The van der Waals surface area contributed by atoms with Crippen LogP contribution in [0.4, 0.5) is 8.78 Å². The molecule has 29 heavy (non-hydrogen) atoms. The van der Waals surface area contributed by atoms with Crippen molar-refractivity contribution in [1.82, 2.24) is 0 Å². The molecule has 158 valence electrons. The number of ether oxygens (including phenoxy) is 1. The molecule has 2 aliphatic carbocycles. The summed E-state index contributed by atoms with van der Waals surface area (Å²) in [5.41, 5.74) is 0.0824. The van der Waals surface area contributed by atoms with E-state index in [9.17, 15) is 4.39 Å². The predicted molar refractivity (Wildman–Crippen MR) is 117 cm³/mol. The highest BCUT2D eigenvalue weighted by Gasteiger charge is 2.42. The van der Waals surface area contributed by atoms with Crippen molar-refractivity contribution in [3.63, 3.8) is 0 Å². The number of hydrogen-bond acceptors (Lipinski definition) is 1. The lowest BCUT2D eigenvalue weighted by atomic mass is 9.77. The third kappa shape index (κ3) is 4.99. The summed E-state index contributed by atoms with van der Waals surface area (Å²) >= 11 is 0. The summed E-state index contributed by atoms with van der Waals surface area (Å²) in [6.07, 6.45) is 14.0. The highest BCUT2D eigenvalue weighted by Crippen LogP contribution is 2.41. The van der Waals surface area contributed by atoms with Crippen LogP contribution in [0.5, 0.6) is 0 Å². The van der Waals surface area contributed by atoms with E-state index < -0.39 is 17.4 Å². The van der Waals surface area contributed by atoms with Crippen LogP contribution in [-0.4, -0.2) is 12.3 Å². The molecule has 0 bridgehead atoms. The average Bonchev–Trinajstić information content (AvgIpc) is 2.74. The zero-order valence-electron chi connectivity index (χ0n) is 18.0. The number of halogens is 2. The van der Waals surface area contributed by atoms with E-state index in [0.717, 1.165) is 11.5 Å². The van der Waals surface area contributed by atoms with Crippen LogP contribution in [0.1, 0.15) is 76.3 Å². The molecule has 1 fully saturated rings. The lowest BCUT2D eigenvalue weighted by Gasteiger charge is -2.29. The SMILES string of the molecule is CCCC1CCC(c2ccc(/C=C/C3(F)C(F)=C(OCC)C=CC3C)cc2)CC1. The number of allylic oxidation sites excluding steroid dienone is 4. The van der Waals surface area contributed by atoms with E-state index >= 15 is 4.39 Å². The Bertz CT molecular complexity index is 753. The van der Waals surface area contributed by atoms with Crippen LogP contribution in [0.2, 0.25) is 0 Å². The van der Waals surface area contributed by atoms with Gasteiger partial charge in [-0.3, -0.25) is 0 Å². The molecule has 0 aliphatic heterocycles. The molecule has 2 unspecified atom stereocenters. The van der Waals surface area contributed by atoms with Crippen LogP contribution < -0.4 is 0 Å². The summed E-state index contributed by atoms with van der Waals surface area (Å²) in [6.45, 7) is 6.02. The summed E-state index contributed by atoms with van der Waals surface area (Å²) in [4.78, 5) is 0. The molecule has 0 saturated heterocycles. The topological polar surface area (TPSA) is 9.23 Å². The van der Waals surface area contributed by atoms with Gasteiger partial charge in [-0.05, 0) is 67.7 Å². The summed E-state index contributed by atoms with van der Waals surface area (Å²) in [6, 6.07) is 8.33. The fraction of sp³-hybridized carbons (Fsp3) is 0.538. The van der Waals surface area contributed by atoms with E-state index in [1.165, 1.54) is 56.2 Å². The third-order valence-electron chi connectivity index (χ3n) is 6.52. The Morgan fingerprint density at radius 1 is 1.10 bits per heavy atom. The molecule has 0 aromatic heterocycles. The number of hydrogen-bond donors (Lipinski definition) is 0. The number of alkyl halides is 1. The molecular formula is C26H34F2O. The quantitative estimate of drug-likeness (QED) is 0.452. The zero-order chi connectivity index (χ0) is 20.9. The van der Waals surface area contributed by atoms with E-state index in [4.69, 9.17) is 4.74 Å². The molecule has 0 radical (unpaired) electrons. The Labute approximate surface area is 174 Å². The number of rotatable bonds is 7. The maximum Gasteiger partial charge on any atom is 0.190 e. The van der Waals surface area contributed by atoms with Crippen molar-refractivity contribution < 1.29 is 13.5 Å². The van der Waals surface area contributed by atoms with E-state index in [0.29, 0.717) is 12.5 Å². The molecule has 1 saturated carbocycles. The van der Waals surface area contributed by atoms with Gasteiger partial charge in [0.25, 0.3) is 0 Å². The van der Waals surface area contributed by atoms with Gasteiger partial charge in [0.1, 0.15) is 0 Å². The Kier molecular flexibility index (Phi) is 7.32. The molecule has 0 spiro atoms. The van der Waals surface area contributed by atoms with Crippen LogP contribution in [0.3, 0.4) is 0 Å². The summed E-state index contributed by atoms with van der Waals surface area (Å²) in [7, 11) is 0. The molecule has 1 aromatic rings. The van der Waals surface area contributed by atoms with Crippen molar-refractivity contribution in [1.29, 1.82) is 0 Å². The highest BCUT2D eigenvalue weighted by molar-refractivity contribution is 5.54. The van der Waals surface area contributed by atoms with Crippen molar-refractivity contribution >= 4 is 6.08 Å². The summed E-state index contributed by atoms with van der Waals surface area (Å²) < 4.78 is 35.4. The summed E-state index contributed by atoms with van der Waals surface area (Å²) in [5, 5.41) is 0. The second kappa shape index (κ2) is 9.73. The van der Waals surface area contributed by atoms with Gasteiger partial charge in [0.2, 0.25) is 0 Å². The predicted octanol–water partition coefficient (Wildman–Crippen LogP) is 7.91. The number of benzene rings is 1. The first-order valence-corrected chi connectivity index (χ1v) is 11.2. The maximum atomic E-state index is 15.4. The van der Waals surface area contributed by atoms with Gasteiger partial charge in [-0.1, -0.05) is 63.1 Å². The van der Waals surface area contributed by atoms with Crippen LogP contribution in [0.15, 0.2) is 54.1 Å². The zero-order valence-corrected chi connectivity index (χ0v) is 18.0. The van der Waals surface area contributed by atoms with Gasteiger partial charge in [-0.25, -0.2) is 8.78 Å². The molecule has 1 nitrogen and oxygen atoms in total. The average molecular weight is 401 g/mol. The smallest absolute Gasteiger partial charge is 0.190 e. The van der Waals surface area contributed by atoms with Crippen molar-refractivity contribution in [3.8, 4) is 0 Å². The monoisotopic (exact) mass is 400 g/mol. The van der Waals surface area contributed by atoms with Gasteiger partial charge in [-0.15, -0.1) is 0 Å². The standard InChI is InChI=1S/C26H34F2O/c1-4-6-20-8-12-22(13-9-20)23-14-10-21(11-15-23)17-18-26(28)19(3)7-16-24(25(26)27)29-5-2/h7,10-11,14-20,22H,4-6,8-9,12-13H2,1-3H3/b18-17+. The lowest BCUT2D eigenvalue weighted by Crippen LogP contribution is -2.32. The molecule has 0 amide bonds. The van der Waals surface area contributed by atoms with Gasteiger partial charge in [-0.2, -0.15) is 0 Å². The van der Waals surface area contributed by atoms with E-state index in [1.807, 2.05) is 12.1 Å². The Morgan fingerprint density at radius 3 is 2.41 bits per heavy atom. The van der Waals surface area contributed by atoms with Crippen molar-refractivity contribution in [2.75, 3.05) is 6.61 Å². The van der Waals surface area contributed by atoms with E-state index in [1.54, 1.807) is 26.0 Å². The lowest BCUT2D eigenvalue weighted by molar-refractivity contribution is 0.148. The largest absolute Gasteiger partial charge is 0.491 e. The molecule has 3 rings (SSSR count). The second-order valence-corrected chi connectivity index (χ2v) is 8.53. The van der Waals surface area contributed by atoms with Crippen molar-refractivity contribution in [3.05, 3.63) is 65.2 Å². The highest BCUT2D eigenvalue weighted by atomic mass is 19.2. The molecule has 2 atom stereocenters. The Balaban J connectivity index is 1.68. The third-order valence-corrected chi connectivity index (χ3v) is 6.52. The minimum atomic E-state index is -2.17. The van der Waals surface area contributed by atoms with Crippen LogP contribution in [0.25, 0.3) is 6.08 Å². The van der Waals surface area contributed by atoms with Gasteiger partial charge in [0, 0.05) is 5.92 Å². The van der Waals surface area contributed by atoms with Gasteiger partial charge < -0.3 is 4.74 Å². The first-order chi connectivity index (χ1) is 14.0. The van der Waals surface area contributed by atoms with E-state index in [2.05, 4.69) is 19.1 Å². The molecule has 3 heteroatoms. The fourth-order valence-corrected chi connectivity index (χ4v) is 4.62. The minimum Gasteiger partial charge on any atom is -0.491 e. The Morgan fingerprint density at radius 2 is 1.79 bits per heavy atom. The first-order valence-electron chi connectivity index (χ1n) is 11.2. The summed E-state index contributed by atoms with van der Waals surface area (Å²) in [5.74, 6) is 0.0971. The molecule has 0 N–H and O–H groups in total. The molecule has 0 heterocycles. The second-order valence-electron chi connectivity index (χ2n) is 8.53. The fourth-order valence-electron chi connectivity index (χ4n) is 4.62. The molecule has 1 aromatic carbocycles. The normalized spacial score (nSPS) is 30.2. The van der Waals surface area contributed by atoms with Crippen LogP contribution in [-0.2, 0) is 4.74 Å².